The van der Waals surface area contributed by atoms with Crippen LogP contribution in [0, 0.1) is 0 Å². The molecule has 3 nitrogen and oxygen atoms in total. The van der Waals surface area contributed by atoms with Crippen LogP contribution in [-0.4, -0.2) is 38.0 Å². The third kappa shape index (κ3) is 1.82. The van der Waals surface area contributed by atoms with Crippen molar-refractivity contribution in [3.63, 3.8) is 0 Å². The third-order valence-corrected chi connectivity index (χ3v) is 2.52. The Morgan fingerprint density at radius 2 is 2.31 bits per heavy atom. The maximum absolute atomic E-state index is 12.4. The van der Waals surface area contributed by atoms with Crippen LogP contribution in [0.2, 0.25) is 0 Å². The molecule has 0 aromatic carbocycles. The average Bonchev–Trinajstić information content (AvgIpc) is 2.53. The van der Waals surface area contributed by atoms with Gasteiger partial charge < -0.3 is 9.47 Å². The van der Waals surface area contributed by atoms with E-state index in [0.29, 0.717) is 32.6 Å². The van der Waals surface area contributed by atoms with Gasteiger partial charge in [0.15, 0.2) is 0 Å². The summed E-state index contributed by atoms with van der Waals surface area (Å²) in [5, 5.41) is 3.10. The highest BCUT2D eigenvalue weighted by Crippen LogP contribution is 2.28. The van der Waals surface area contributed by atoms with Crippen LogP contribution < -0.4 is 5.32 Å². The minimum atomic E-state index is -2.39. The predicted molar refractivity (Wildman–Crippen MR) is 41.7 cm³/mol. The van der Waals surface area contributed by atoms with Crippen LogP contribution >= 0.6 is 0 Å². The topological polar surface area (TPSA) is 30.5 Å². The second-order valence-electron chi connectivity index (χ2n) is 3.50. The summed E-state index contributed by atoms with van der Waals surface area (Å²) in [5.41, 5.74) is -0.626. The Bertz CT molecular complexity index is 183. The van der Waals surface area contributed by atoms with E-state index in [0.717, 1.165) is 0 Å². The Kier molecular flexibility index (Phi) is 2.49. The lowest BCUT2D eigenvalue weighted by Crippen LogP contribution is -2.56. The number of hydrogen-bond donors (Lipinski definition) is 1. The maximum atomic E-state index is 12.4. The molecule has 2 saturated heterocycles. The average molecular weight is 193 g/mol. The summed E-state index contributed by atoms with van der Waals surface area (Å²) in [6.45, 7) is 1.55. The van der Waals surface area contributed by atoms with Crippen molar-refractivity contribution in [3.8, 4) is 0 Å². The molecule has 0 saturated carbocycles. The molecular formula is C8H13F2NO2. The van der Waals surface area contributed by atoms with Gasteiger partial charge in [-0.05, 0) is 6.42 Å². The molecule has 2 heterocycles. The van der Waals surface area contributed by atoms with Gasteiger partial charge in [0, 0.05) is 13.0 Å². The molecule has 1 N–H and O–H groups in total. The molecule has 2 rings (SSSR count). The SMILES string of the molecule is FC(F)C1CCNC2(CCOC2)O1. The van der Waals surface area contributed by atoms with Crippen molar-refractivity contribution >= 4 is 0 Å². The van der Waals surface area contributed by atoms with Crippen LogP contribution in [0.15, 0.2) is 0 Å². The minimum absolute atomic E-state index is 0.374. The van der Waals surface area contributed by atoms with Gasteiger partial charge in [0.05, 0.1) is 13.2 Å². The molecule has 0 aliphatic carbocycles. The van der Waals surface area contributed by atoms with Gasteiger partial charge in [-0.15, -0.1) is 0 Å². The molecular weight excluding hydrogens is 180 g/mol. The van der Waals surface area contributed by atoms with E-state index < -0.39 is 18.3 Å². The quantitative estimate of drug-likeness (QED) is 0.666. The van der Waals surface area contributed by atoms with Gasteiger partial charge in [0.25, 0.3) is 6.43 Å². The summed E-state index contributed by atoms with van der Waals surface area (Å²) in [7, 11) is 0. The molecule has 0 amide bonds. The second-order valence-corrected chi connectivity index (χ2v) is 3.50. The van der Waals surface area contributed by atoms with Gasteiger partial charge in [-0.1, -0.05) is 0 Å². The Labute approximate surface area is 75.4 Å². The molecule has 0 bridgehead atoms. The Morgan fingerprint density at radius 1 is 1.46 bits per heavy atom. The fraction of sp³-hybridized carbons (Fsp3) is 1.00. The number of halogens is 2. The zero-order valence-corrected chi connectivity index (χ0v) is 7.26. The van der Waals surface area contributed by atoms with Crippen molar-refractivity contribution in [1.29, 1.82) is 0 Å². The molecule has 2 unspecified atom stereocenters. The summed E-state index contributed by atoms with van der Waals surface area (Å²) in [5.74, 6) is 0. The molecule has 13 heavy (non-hydrogen) atoms. The van der Waals surface area contributed by atoms with E-state index >= 15 is 0 Å². The number of nitrogens with one attached hydrogen (secondary N) is 1. The first-order valence-electron chi connectivity index (χ1n) is 4.51. The van der Waals surface area contributed by atoms with Crippen LogP contribution in [0.3, 0.4) is 0 Å². The smallest absolute Gasteiger partial charge is 0.264 e. The molecule has 0 aromatic heterocycles. The molecule has 1 spiro atoms. The van der Waals surface area contributed by atoms with Gasteiger partial charge in [-0.25, -0.2) is 8.78 Å². The largest absolute Gasteiger partial charge is 0.377 e. The summed E-state index contributed by atoms with van der Waals surface area (Å²) >= 11 is 0. The Morgan fingerprint density at radius 3 is 2.92 bits per heavy atom. The van der Waals surface area contributed by atoms with E-state index in [1.54, 1.807) is 0 Å². The second kappa shape index (κ2) is 3.48. The highest BCUT2D eigenvalue weighted by Gasteiger charge is 2.42. The highest BCUT2D eigenvalue weighted by atomic mass is 19.3. The number of alkyl halides is 2. The van der Waals surface area contributed by atoms with E-state index in [1.165, 1.54) is 0 Å². The van der Waals surface area contributed by atoms with Gasteiger partial charge in [0.2, 0.25) is 0 Å². The van der Waals surface area contributed by atoms with Crippen LogP contribution in [-0.2, 0) is 9.47 Å². The molecule has 2 atom stereocenters. The Hall–Kier alpha value is -0.260. The van der Waals surface area contributed by atoms with Gasteiger partial charge in [0.1, 0.15) is 11.8 Å². The van der Waals surface area contributed by atoms with E-state index in [2.05, 4.69) is 5.32 Å². The van der Waals surface area contributed by atoms with Crippen LogP contribution in [0.25, 0.3) is 0 Å². The fourth-order valence-corrected chi connectivity index (χ4v) is 1.79. The fourth-order valence-electron chi connectivity index (χ4n) is 1.79. The summed E-state index contributed by atoms with van der Waals surface area (Å²) < 4.78 is 35.2. The lowest BCUT2D eigenvalue weighted by molar-refractivity contribution is -0.182. The summed E-state index contributed by atoms with van der Waals surface area (Å²) in [6.07, 6.45) is -2.28. The molecule has 2 fully saturated rings. The van der Waals surface area contributed by atoms with Crippen molar-refractivity contribution in [3.05, 3.63) is 0 Å². The summed E-state index contributed by atoms with van der Waals surface area (Å²) in [4.78, 5) is 0. The Balaban J connectivity index is 1.98. The monoisotopic (exact) mass is 193 g/mol. The van der Waals surface area contributed by atoms with Crippen LogP contribution in [0.5, 0.6) is 0 Å². The first-order valence-corrected chi connectivity index (χ1v) is 4.51. The zero-order valence-electron chi connectivity index (χ0n) is 7.26. The standard InChI is InChI=1S/C8H13F2NO2/c9-7(10)6-1-3-11-8(13-6)2-4-12-5-8/h6-7,11H,1-5H2. The first-order chi connectivity index (χ1) is 6.22. The van der Waals surface area contributed by atoms with E-state index in [4.69, 9.17) is 9.47 Å². The zero-order chi connectivity index (χ0) is 9.31. The minimum Gasteiger partial charge on any atom is -0.377 e. The lowest BCUT2D eigenvalue weighted by Gasteiger charge is -2.38. The number of hydrogen-bond acceptors (Lipinski definition) is 3. The normalized spacial score (nSPS) is 40.4. The van der Waals surface area contributed by atoms with E-state index in [9.17, 15) is 8.78 Å². The van der Waals surface area contributed by atoms with Crippen molar-refractivity contribution in [2.75, 3.05) is 19.8 Å². The molecule has 76 valence electrons. The molecule has 0 aromatic rings. The van der Waals surface area contributed by atoms with Gasteiger partial charge in [-0.3, -0.25) is 5.32 Å². The van der Waals surface area contributed by atoms with Crippen LogP contribution in [0.4, 0.5) is 8.78 Å². The van der Waals surface area contributed by atoms with E-state index in [-0.39, 0.29) is 0 Å². The van der Waals surface area contributed by atoms with Crippen molar-refractivity contribution < 1.29 is 18.3 Å². The van der Waals surface area contributed by atoms with Gasteiger partial charge >= 0.3 is 0 Å². The van der Waals surface area contributed by atoms with E-state index in [1.807, 2.05) is 0 Å². The predicted octanol–water partition coefficient (Wildman–Crippen LogP) is 0.747. The van der Waals surface area contributed by atoms with Crippen molar-refractivity contribution in [2.24, 2.45) is 0 Å². The van der Waals surface area contributed by atoms with Gasteiger partial charge in [-0.2, -0.15) is 0 Å². The lowest BCUT2D eigenvalue weighted by atomic mass is 10.1. The molecule has 0 radical (unpaired) electrons. The van der Waals surface area contributed by atoms with Crippen molar-refractivity contribution in [2.45, 2.75) is 31.1 Å². The van der Waals surface area contributed by atoms with Crippen LogP contribution in [0.1, 0.15) is 12.8 Å². The first kappa shape index (κ1) is 9.30. The van der Waals surface area contributed by atoms with Crippen molar-refractivity contribution in [1.82, 2.24) is 5.32 Å². The highest BCUT2D eigenvalue weighted by molar-refractivity contribution is 4.88. The summed E-state index contributed by atoms with van der Waals surface area (Å²) in [6, 6.07) is 0. The molecule has 5 heteroatoms. The maximum Gasteiger partial charge on any atom is 0.264 e. The number of ether oxygens (including phenoxy) is 2. The third-order valence-electron chi connectivity index (χ3n) is 2.52. The number of rotatable bonds is 1. The molecule has 2 aliphatic heterocycles. The molecule has 2 aliphatic rings.